The first kappa shape index (κ1) is 27.5. The Bertz CT molecular complexity index is 724. The fourth-order valence-corrected chi connectivity index (χ4v) is 4.66. The Kier molecular flexibility index (Phi) is 15.6. The number of unbranched alkanes of at least 4 members (excludes halogenated alkanes) is 16. The fourth-order valence-electron chi connectivity index (χ4n) is 4.66. The summed E-state index contributed by atoms with van der Waals surface area (Å²) in [5, 5.41) is 0. The molecule has 2 heteroatoms. The van der Waals surface area contributed by atoms with Crippen molar-refractivity contribution < 1.29 is 0 Å². The van der Waals surface area contributed by atoms with Crippen LogP contribution in [0, 0.1) is 0 Å². The standard InChI is InChI=1S/C31H50N2/c1-3-5-6-7-8-9-10-11-12-13-14-15-16-17-18-19-20-21-29-23-25-33-31(27-29)30-26-28(4-2)22-24-32-30/h22-27H,3-21H2,1-2H3. The molecule has 0 radical (unpaired) electrons. The molecule has 33 heavy (non-hydrogen) atoms. The summed E-state index contributed by atoms with van der Waals surface area (Å²) in [6.45, 7) is 4.48. The minimum atomic E-state index is 0.999. The Hall–Kier alpha value is -1.70. The molecule has 0 unspecified atom stereocenters. The lowest BCUT2D eigenvalue weighted by molar-refractivity contribution is 0.527. The molecule has 2 heterocycles. The zero-order valence-electron chi connectivity index (χ0n) is 21.8. The molecule has 184 valence electrons. The van der Waals surface area contributed by atoms with Crippen LogP contribution < -0.4 is 0 Å². The van der Waals surface area contributed by atoms with Gasteiger partial charge in [0.05, 0.1) is 11.4 Å². The molecular weight excluding hydrogens is 400 g/mol. The van der Waals surface area contributed by atoms with Gasteiger partial charge < -0.3 is 0 Å². The predicted octanol–water partition coefficient (Wildman–Crippen LogP) is 9.90. The molecule has 0 aromatic carbocycles. The average molecular weight is 451 g/mol. The molecule has 0 bridgehead atoms. The maximum atomic E-state index is 4.55. The van der Waals surface area contributed by atoms with Crippen molar-refractivity contribution >= 4 is 0 Å². The van der Waals surface area contributed by atoms with Gasteiger partial charge in [-0.25, -0.2) is 0 Å². The molecule has 0 saturated carbocycles. The van der Waals surface area contributed by atoms with E-state index in [1.165, 1.54) is 120 Å². The van der Waals surface area contributed by atoms with Crippen molar-refractivity contribution in [1.82, 2.24) is 9.97 Å². The first-order valence-electron chi connectivity index (χ1n) is 14.2. The van der Waals surface area contributed by atoms with Gasteiger partial charge in [-0.2, -0.15) is 0 Å². The summed E-state index contributed by atoms with van der Waals surface area (Å²) in [6.07, 6.45) is 30.2. The van der Waals surface area contributed by atoms with E-state index in [4.69, 9.17) is 0 Å². The molecular formula is C31H50N2. The number of nitrogens with zero attached hydrogens (tertiary/aromatic N) is 2. The lowest BCUT2D eigenvalue weighted by Gasteiger charge is -2.06. The minimum Gasteiger partial charge on any atom is -0.255 e. The minimum absolute atomic E-state index is 0.999. The average Bonchev–Trinajstić information content (AvgIpc) is 2.86. The highest BCUT2D eigenvalue weighted by Gasteiger charge is 2.04. The third kappa shape index (κ3) is 12.9. The van der Waals surface area contributed by atoms with Crippen LogP contribution in [0.4, 0.5) is 0 Å². The van der Waals surface area contributed by atoms with Crippen LogP contribution >= 0.6 is 0 Å². The monoisotopic (exact) mass is 450 g/mol. The molecule has 0 aliphatic heterocycles. The molecule has 0 fully saturated rings. The molecule has 0 spiro atoms. The summed E-state index contributed by atoms with van der Waals surface area (Å²) in [5.41, 5.74) is 4.72. The Labute approximate surface area is 205 Å². The largest absolute Gasteiger partial charge is 0.255 e. The van der Waals surface area contributed by atoms with Crippen LogP contribution in [-0.4, -0.2) is 9.97 Å². The lowest BCUT2D eigenvalue weighted by Crippen LogP contribution is -1.93. The molecule has 0 amide bonds. The Morgan fingerprint density at radius 1 is 0.485 bits per heavy atom. The van der Waals surface area contributed by atoms with E-state index in [0.717, 1.165) is 24.2 Å². The maximum Gasteiger partial charge on any atom is 0.0888 e. The van der Waals surface area contributed by atoms with Crippen LogP contribution in [0.3, 0.4) is 0 Å². The molecule has 2 aromatic rings. The number of hydrogen-bond acceptors (Lipinski definition) is 2. The van der Waals surface area contributed by atoms with Gasteiger partial charge in [-0.3, -0.25) is 9.97 Å². The van der Waals surface area contributed by atoms with Crippen LogP contribution in [0.5, 0.6) is 0 Å². The van der Waals surface area contributed by atoms with Crippen LogP contribution in [0.25, 0.3) is 11.4 Å². The van der Waals surface area contributed by atoms with Crippen LogP contribution in [-0.2, 0) is 12.8 Å². The molecule has 2 rings (SSSR count). The van der Waals surface area contributed by atoms with Gasteiger partial charge >= 0.3 is 0 Å². The summed E-state index contributed by atoms with van der Waals surface area (Å²) in [5.74, 6) is 0. The third-order valence-electron chi connectivity index (χ3n) is 6.89. The maximum absolute atomic E-state index is 4.55. The summed E-state index contributed by atoms with van der Waals surface area (Å²) in [7, 11) is 0. The van der Waals surface area contributed by atoms with Crippen molar-refractivity contribution in [3.63, 3.8) is 0 Å². The number of hydrogen-bond donors (Lipinski definition) is 0. The smallest absolute Gasteiger partial charge is 0.0888 e. The van der Waals surface area contributed by atoms with Crippen LogP contribution in [0.1, 0.15) is 134 Å². The van der Waals surface area contributed by atoms with Gasteiger partial charge in [0, 0.05) is 12.4 Å². The van der Waals surface area contributed by atoms with E-state index in [-0.39, 0.29) is 0 Å². The highest BCUT2D eigenvalue weighted by Crippen LogP contribution is 2.19. The zero-order chi connectivity index (χ0) is 23.4. The van der Waals surface area contributed by atoms with Crippen molar-refractivity contribution in [1.29, 1.82) is 0 Å². The number of pyridine rings is 2. The second-order valence-electron chi connectivity index (χ2n) is 9.86. The second kappa shape index (κ2) is 18.7. The van der Waals surface area contributed by atoms with E-state index in [1.807, 2.05) is 12.4 Å². The Balaban J connectivity index is 1.43. The van der Waals surface area contributed by atoms with Crippen LogP contribution in [0.15, 0.2) is 36.7 Å². The molecule has 0 aliphatic carbocycles. The van der Waals surface area contributed by atoms with Crippen molar-refractivity contribution in [2.75, 3.05) is 0 Å². The molecule has 0 saturated heterocycles. The van der Waals surface area contributed by atoms with E-state index >= 15 is 0 Å². The fraction of sp³-hybridized carbons (Fsp3) is 0.677. The normalized spacial score (nSPS) is 11.2. The van der Waals surface area contributed by atoms with Crippen molar-refractivity contribution in [3.05, 3.63) is 47.8 Å². The molecule has 0 atom stereocenters. The van der Waals surface area contributed by atoms with Crippen LogP contribution in [0.2, 0.25) is 0 Å². The van der Waals surface area contributed by atoms with Gasteiger partial charge in [-0.05, 0) is 54.7 Å². The summed E-state index contributed by atoms with van der Waals surface area (Å²) >= 11 is 0. The van der Waals surface area contributed by atoms with Gasteiger partial charge in [0.25, 0.3) is 0 Å². The number of aromatic nitrogens is 2. The highest BCUT2D eigenvalue weighted by atomic mass is 14.8. The van der Waals surface area contributed by atoms with Crippen molar-refractivity contribution in [3.8, 4) is 11.4 Å². The summed E-state index contributed by atoms with van der Waals surface area (Å²) < 4.78 is 0. The van der Waals surface area contributed by atoms with Crippen molar-refractivity contribution in [2.24, 2.45) is 0 Å². The Morgan fingerprint density at radius 3 is 1.33 bits per heavy atom. The van der Waals surface area contributed by atoms with Gasteiger partial charge in [0.15, 0.2) is 0 Å². The van der Waals surface area contributed by atoms with Gasteiger partial charge in [-0.15, -0.1) is 0 Å². The molecule has 2 aromatic heterocycles. The van der Waals surface area contributed by atoms with E-state index in [1.54, 1.807) is 0 Å². The van der Waals surface area contributed by atoms with Gasteiger partial charge in [-0.1, -0.05) is 117 Å². The van der Waals surface area contributed by atoms with E-state index in [0.29, 0.717) is 0 Å². The summed E-state index contributed by atoms with van der Waals surface area (Å²) in [6, 6.07) is 8.65. The third-order valence-corrected chi connectivity index (χ3v) is 6.89. The first-order valence-corrected chi connectivity index (χ1v) is 14.2. The summed E-state index contributed by atoms with van der Waals surface area (Å²) in [4.78, 5) is 9.07. The predicted molar refractivity (Wildman–Crippen MR) is 145 cm³/mol. The van der Waals surface area contributed by atoms with Crippen molar-refractivity contribution in [2.45, 2.75) is 136 Å². The van der Waals surface area contributed by atoms with Gasteiger partial charge in [0.2, 0.25) is 0 Å². The molecule has 0 N–H and O–H groups in total. The second-order valence-corrected chi connectivity index (χ2v) is 9.86. The topological polar surface area (TPSA) is 25.8 Å². The highest BCUT2D eigenvalue weighted by molar-refractivity contribution is 5.55. The van der Waals surface area contributed by atoms with Gasteiger partial charge in [0.1, 0.15) is 0 Å². The van der Waals surface area contributed by atoms with E-state index in [2.05, 4.69) is 48.1 Å². The molecule has 2 nitrogen and oxygen atoms in total. The van der Waals surface area contributed by atoms with E-state index < -0.39 is 0 Å². The molecule has 0 aliphatic rings. The zero-order valence-corrected chi connectivity index (χ0v) is 21.8. The van der Waals surface area contributed by atoms with E-state index in [9.17, 15) is 0 Å². The Morgan fingerprint density at radius 2 is 0.879 bits per heavy atom. The number of rotatable bonds is 20. The lowest BCUT2D eigenvalue weighted by atomic mass is 10.0. The first-order chi connectivity index (χ1) is 16.3. The SMILES string of the molecule is CCCCCCCCCCCCCCCCCCCc1ccnc(-c2cc(CC)ccn2)c1. The quantitative estimate of drug-likeness (QED) is 0.187. The number of aryl methyl sites for hydroxylation is 2.